The SMILES string of the molecule is COc1ccc(-c2ccc(OC)cc2)cc1.COc1ccc(C(=O)c2ccc(OC)cc2)cc1.COc1ccc(OC)c(-c2ccccc2)c1.COc1ccc(OC)cc1.COc1ccc(Oc2ccc(OC)cc2)cc1.COc1cccc(OC)c1. The molecule has 14 nitrogen and oxygen atoms in total. The normalized spacial score (nSPS) is 9.66. The van der Waals surface area contributed by atoms with Crippen molar-refractivity contribution < 1.29 is 66.4 Å². The Morgan fingerprint density at radius 1 is 0.218 bits per heavy atom. The van der Waals surface area contributed by atoms with Gasteiger partial charge in [-0.2, -0.15) is 0 Å². The summed E-state index contributed by atoms with van der Waals surface area (Å²) in [5.41, 5.74) is 5.79. The van der Waals surface area contributed by atoms with E-state index in [1.807, 2.05) is 182 Å². The molecule has 0 spiro atoms. The number of methoxy groups -OCH3 is 12. The summed E-state index contributed by atoms with van der Waals surface area (Å²) < 4.78 is 66.6. The van der Waals surface area contributed by atoms with E-state index in [0.717, 1.165) is 91.6 Å². The van der Waals surface area contributed by atoms with Crippen LogP contribution < -0.4 is 61.6 Å². The largest absolute Gasteiger partial charge is 0.497 e. The first-order valence-electron chi connectivity index (χ1n) is 27.2. The van der Waals surface area contributed by atoms with Gasteiger partial charge in [-0.25, -0.2) is 0 Å². The highest BCUT2D eigenvalue weighted by Crippen LogP contribution is 2.33. The average Bonchev–Trinajstić information content (AvgIpc) is 3.68. The summed E-state index contributed by atoms with van der Waals surface area (Å²) in [5.74, 6) is 11.4. The number of hydrogen-bond acceptors (Lipinski definition) is 14. The van der Waals surface area contributed by atoms with Crippen LogP contribution in [0.3, 0.4) is 0 Å². The standard InChI is InChI=1S/C15H14O3.C14H14O3.2C14H14O2.2C8H10O2/c1-17-13-7-3-11(4-8-13)15(16)12-5-9-14(18-2)10-6-12;1-15-11-3-7-13(8-4-11)17-14-9-5-12(16-2)6-10-14;1-15-13-7-3-11(4-8-13)12-5-9-14(16-2)10-6-12;1-15-12-8-9-14(16-2)13(10-12)11-6-4-3-5-7-11;1-9-7-3-5-8(10-2)6-4-7;1-9-7-4-3-5-8(6-7)10-2/h3-10H,1-2H3;3-10H,1-2H3;2*3-10H,1-2H3;2*3-6H,1-2H3. The van der Waals surface area contributed by atoms with Crippen molar-refractivity contribution in [2.45, 2.75) is 0 Å². The van der Waals surface area contributed by atoms with Gasteiger partial charge in [0.25, 0.3) is 0 Å². The Morgan fingerprint density at radius 3 is 0.782 bits per heavy atom. The van der Waals surface area contributed by atoms with E-state index in [9.17, 15) is 4.79 Å². The first-order chi connectivity index (χ1) is 42.5. The molecule has 0 aliphatic rings. The molecule has 0 aliphatic heterocycles. The zero-order valence-corrected chi connectivity index (χ0v) is 51.3. The van der Waals surface area contributed by atoms with Gasteiger partial charge in [0.2, 0.25) is 0 Å². The third-order valence-electron chi connectivity index (χ3n) is 12.6. The predicted molar refractivity (Wildman–Crippen MR) is 345 cm³/mol. The topological polar surface area (TPSA) is 137 Å². The van der Waals surface area contributed by atoms with Crippen molar-refractivity contribution in [1.82, 2.24) is 0 Å². The smallest absolute Gasteiger partial charge is 0.193 e. The van der Waals surface area contributed by atoms with Crippen molar-refractivity contribution in [2.24, 2.45) is 0 Å². The first kappa shape index (κ1) is 67.1. The van der Waals surface area contributed by atoms with E-state index in [-0.39, 0.29) is 5.78 Å². The first-order valence-corrected chi connectivity index (χ1v) is 27.2. The zero-order valence-electron chi connectivity index (χ0n) is 51.3. The lowest BCUT2D eigenvalue weighted by atomic mass is 10.0. The lowest BCUT2D eigenvalue weighted by molar-refractivity contribution is 0.103. The molecule has 0 radical (unpaired) electrons. The van der Waals surface area contributed by atoms with Crippen molar-refractivity contribution in [3.8, 4) is 103 Å². The van der Waals surface area contributed by atoms with E-state index in [4.69, 9.17) is 61.6 Å². The summed E-state index contributed by atoms with van der Waals surface area (Å²) in [7, 11) is 19.7. The van der Waals surface area contributed by atoms with Crippen molar-refractivity contribution in [3.63, 3.8) is 0 Å². The van der Waals surface area contributed by atoms with Crippen LogP contribution in [0.4, 0.5) is 0 Å². The van der Waals surface area contributed by atoms with Crippen molar-refractivity contribution >= 4 is 5.78 Å². The highest BCUT2D eigenvalue weighted by molar-refractivity contribution is 6.09. The molecule has 0 aliphatic carbocycles. The summed E-state index contributed by atoms with van der Waals surface area (Å²) in [6, 6.07) is 75.8. The molecule has 0 unspecified atom stereocenters. The quantitative estimate of drug-likeness (QED) is 0.0754. The van der Waals surface area contributed by atoms with Crippen LogP contribution in [0.15, 0.2) is 243 Å². The molecule has 452 valence electrons. The predicted octanol–water partition coefficient (Wildman–Crippen LogP) is 16.6. The van der Waals surface area contributed by atoms with Gasteiger partial charge in [0, 0.05) is 22.8 Å². The van der Waals surface area contributed by atoms with E-state index >= 15 is 0 Å². The van der Waals surface area contributed by atoms with Crippen LogP contribution >= 0.6 is 0 Å². The number of carbonyl (C=O) groups is 1. The number of ketones is 1. The number of benzene rings is 10. The molecule has 0 fully saturated rings. The second-order valence-corrected chi connectivity index (χ2v) is 17.9. The molecule has 10 rings (SSSR count). The number of hydrogen-bond donors (Lipinski definition) is 0. The Morgan fingerprint density at radius 2 is 0.483 bits per heavy atom. The van der Waals surface area contributed by atoms with E-state index in [2.05, 4.69) is 12.1 Å². The van der Waals surface area contributed by atoms with Gasteiger partial charge >= 0.3 is 0 Å². The molecule has 0 atom stereocenters. The van der Waals surface area contributed by atoms with Crippen molar-refractivity contribution in [2.75, 3.05) is 85.3 Å². The van der Waals surface area contributed by atoms with E-state index in [1.165, 1.54) is 11.1 Å². The molecule has 0 amide bonds. The molecule has 0 saturated heterocycles. The third kappa shape index (κ3) is 22.4. The van der Waals surface area contributed by atoms with Crippen LogP contribution in [0.1, 0.15) is 15.9 Å². The molecule has 0 aromatic heterocycles. The van der Waals surface area contributed by atoms with Gasteiger partial charge in [-0.1, -0.05) is 60.7 Å². The summed E-state index contributed by atoms with van der Waals surface area (Å²) in [6.45, 7) is 0. The fraction of sp³-hybridized carbons (Fsp3) is 0.164. The molecule has 0 heterocycles. The molecule has 0 bridgehead atoms. The maximum absolute atomic E-state index is 12.2. The lowest BCUT2D eigenvalue weighted by Gasteiger charge is -2.10. The van der Waals surface area contributed by atoms with Gasteiger partial charge in [0.05, 0.1) is 85.3 Å². The van der Waals surface area contributed by atoms with E-state index in [0.29, 0.717) is 11.1 Å². The Hall–Kier alpha value is -10.7. The van der Waals surface area contributed by atoms with Crippen molar-refractivity contribution in [3.05, 3.63) is 254 Å². The highest BCUT2D eigenvalue weighted by atomic mass is 16.5. The summed E-state index contributed by atoms with van der Waals surface area (Å²) in [4.78, 5) is 12.2. The van der Waals surface area contributed by atoms with Gasteiger partial charge in [0.15, 0.2) is 5.78 Å². The maximum atomic E-state index is 12.2. The lowest BCUT2D eigenvalue weighted by Crippen LogP contribution is -2.01. The van der Waals surface area contributed by atoms with Gasteiger partial charge in [-0.3, -0.25) is 4.79 Å². The summed E-state index contributed by atoms with van der Waals surface area (Å²) >= 11 is 0. The van der Waals surface area contributed by atoms with Crippen molar-refractivity contribution in [1.29, 1.82) is 0 Å². The molecule has 0 N–H and O–H groups in total. The van der Waals surface area contributed by atoms with E-state index < -0.39 is 0 Å². The molecular weight excluding hydrogens is 1100 g/mol. The Balaban J connectivity index is 0.000000193. The molecular formula is C73H76O14. The second kappa shape index (κ2) is 37.5. The molecule has 14 heteroatoms. The number of carbonyl (C=O) groups excluding carboxylic acids is 1. The van der Waals surface area contributed by atoms with Gasteiger partial charge in [0.1, 0.15) is 80.5 Å². The Bertz CT molecular complexity index is 3300. The minimum atomic E-state index is -0.0136. The fourth-order valence-corrected chi connectivity index (χ4v) is 7.74. The van der Waals surface area contributed by atoms with Gasteiger partial charge < -0.3 is 61.6 Å². The number of rotatable bonds is 18. The van der Waals surface area contributed by atoms with Gasteiger partial charge in [-0.15, -0.1) is 0 Å². The monoisotopic (exact) mass is 1180 g/mol. The van der Waals surface area contributed by atoms with Crippen LogP contribution in [0.25, 0.3) is 22.3 Å². The van der Waals surface area contributed by atoms with Gasteiger partial charge in [-0.05, 0) is 193 Å². The zero-order chi connectivity index (χ0) is 62.6. The highest BCUT2D eigenvalue weighted by Gasteiger charge is 2.10. The van der Waals surface area contributed by atoms with Crippen LogP contribution in [-0.4, -0.2) is 91.1 Å². The van der Waals surface area contributed by atoms with Crippen LogP contribution in [0.2, 0.25) is 0 Å². The van der Waals surface area contributed by atoms with Crippen LogP contribution in [-0.2, 0) is 0 Å². The average molecular weight is 1180 g/mol. The fourth-order valence-electron chi connectivity index (χ4n) is 7.74. The molecule has 10 aromatic rings. The molecule has 87 heavy (non-hydrogen) atoms. The maximum Gasteiger partial charge on any atom is 0.193 e. The minimum Gasteiger partial charge on any atom is -0.497 e. The van der Waals surface area contributed by atoms with Crippen LogP contribution in [0.5, 0.6) is 80.5 Å². The number of ether oxygens (including phenoxy) is 13. The third-order valence-corrected chi connectivity index (χ3v) is 12.6. The molecule has 0 saturated carbocycles. The minimum absolute atomic E-state index is 0.0136. The molecule has 10 aromatic carbocycles. The summed E-state index contributed by atoms with van der Waals surface area (Å²) in [5, 5.41) is 0. The summed E-state index contributed by atoms with van der Waals surface area (Å²) in [6.07, 6.45) is 0. The Labute approximate surface area is 511 Å². The van der Waals surface area contributed by atoms with Crippen LogP contribution in [0, 0.1) is 0 Å². The Kier molecular flexibility index (Phi) is 28.9. The van der Waals surface area contributed by atoms with E-state index in [1.54, 1.807) is 134 Å². The second-order valence-electron chi connectivity index (χ2n) is 17.9.